The molecule has 2 fully saturated rings. The van der Waals surface area contributed by atoms with Gasteiger partial charge in [0.1, 0.15) is 5.75 Å². The Hall–Kier alpha value is -2.09. The van der Waals surface area contributed by atoms with Crippen molar-refractivity contribution >= 4 is 5.97 Å². The van der Waals surface area contributed by atoms with Crippen molar-refractivity contribution in [3.63, 3.8) is 0 Å². The second kappa shape index (κ2) is 14.7. The Balaban J connectivity index is 1.18. The number of rotatable bonds is 12. The molecular formula is C35H50O2. The van der Waals surface area contributed by atoms with E-state index < -0.39 is 0 Å². The summed E-state index contributed by atoms with van der Waals surface area (Å²) in [5, 5.41) is 0. The zero-order chi connectivity index (χ0) is 25.9. The zero-order valence-electron chi connectivity index (χ0n) is 23.6. The second-order valence-electron chi connectivity index (χ2n) is 12.1. The van der Waals surface area contributed by atoms with Crippen LogP contribution in [0.2, 0.25) is 0 Å². The van der Waals surface area contributed by atoms with Gasteiger partial charge in [0, 0.05) is 0 Å². The summed E-state index contributed by atoms with van der Waals surface area (Å²) >= 11 is 0. The van der Waals surface area contributed by atoms with Crippen molar-refractivity contribution in [2.45, 2.75) is 122 Å². The van der Waals surface area contributed by atoms with E-state index >= 15 is 0 Å². The molecule has 2 nitrogen and oxygen atoms in total. The fourth-order valence-electron chi connectivity index (χ4n) is 6.84. The highest BCUT2D eigenvalue weighted by Crippen LogP contribution is 2.38. The van der Waals surface area contributed by atoms with Crippen molar-refractivity contribution in [2.24, 2.45) is 17.8 Å². The SMILES string of the molecule is CCCCC[C@H]1CC[C@H](CCc2ccc(C(=O)Oc3ccc([C@H]4CC[C@H](CCC)CC4)cc3)cc2)CC1. The van der Waals surface area contributed by atoms with E-state index in [-0.39, 0.29) is 5.97 Å². The summed E-state index contributed by atoms with van der Waals surface area (Å²) in [7, 11) is 0. The van der Waals surface area contributed by atoms with Crippen LogP contribution in [0.1, 0.15) is 138 Å². The van der Waals surface area contributed by atoms with Gasteiger partial charge in [-0.2, -0.15) is 0 Å². The minimum absolute atomic E-state index is 0.263. The van der Waals surface area contributed by atoms with Crippen LogP contribution in [-0.2, 0) is 6.42 Å². The maximum absolute atomic E-state index is 12.7. The number of hydrogen-bond acceptors (Lipinski definition) is 2. The summed E-state index contributed by atoms with van der Waals surface area (Å²) in [4.78, 5) is 12.7. The molecule has 2 aliphatic carbocycles. The predicted octanol–water partition coefficient (Wildman–Crippen LogP) is 10.3. The molecule has 0 spiro atoms. The number of esters is 1. The maximum atomic E-state index is 12.7. The van der Waals surface area contributed by atoms with Crippen LogP contribution in [0.4, 0.5) is 0 Å². The van der Waals surface area contributed by atoms with Gasteiger partial charge in [0.2, 0.25) is 0 Å². The highest BCUT2D eigenvalue weighted by Gasteiger charge is 2.22. The highest BCUT2D eigenvalue weighted by molar-refractivity contribution is 5.91. The first-order valence-electron chi connectivity index (χ1n) is 15.6. The topological polar surface area (TPSA) is 26.3 Å². The van der Waals surface area contributed by atoms with E-state index in [0.717, 1.165) is 24.2 Å². The third kappa shape index (κ3) is 8.72. The van der Waals surface area contributed by atoms with Crippen LogP contribution in [0.3, 0.4) is 0 Å². The summed E-state index contributed by atoms with van der Waals surface area (Å²) in [6.07, 6.45) is 21.6. The molecule has 0 atom stereocenters. The minimum Gasteiger partial charge on any atom is -0.423 e. The lowest BCUT2D eigenvalue weighted by Crippen LogP contribution is -2.15. The molecule has 2 heteroatoms. The first-order valence-corrected chi connectivity index (χ1v) is 15.6. The zero-order valence-corrected chi connectivity index (χ0v) is 23.6. The Kier molecular flexibility index (Phi) is 11.1. The number of benzene rings is 2. The number of hydrogen-bond donors (Lipinski definition) is 0. The molecule has 0 heterocycles. The lowest BCUT2D eigenvalue weighted by molar-refractivity contribution is 0.0734. The fraction of sp³-hybridized carbons (Fsp3) is 0.629. The van der Waals surface area contributed by atoms with Crippen molar-refractivity contribution in [1.82, 2.24) is 0 Å². The Morgan fingerprint density at radius 3 is 1.89 bits per heavy atom. The van der Waals surface area contributed by atoms with E-state index in [4.69, 9.17) is 4.74 Å². The summed E-state index contributed by atoms with van der Waals surface area (Å²) in [5.74, 6) is 3.82. The van der Waals surface area contributed by atoms with Crippen molar-refractivity contribution < 1.29 is 9.53 Å². The molecule has 0 unspecified atom stereocenters. The van der Waals surface area contributed by atoms with Gasteiger partial charge in [-0.05, 0) is 97.6 Å². The standard InChI is InChI=1S/C35H50O2/c1-3-5-6-8-28-9-11-29(12-10-28)13-14-30-17-21-33(22-18-30)35(36)37-34-25-23-32(24-26-34)31-19-15-27(7-4-2)16-20-31/h17-18,21-29,31H,3-16,19-20H2,1-2H3/t27-,28-,29-,31-. The summed E-state index contributed by atoms with van der Waals surface area (Å²) < 4.78 is 5.69. The van der Waals surface area contributed by atoms with Gasteiger partial charge in [-0.3, -0.25) is 0 Å². The molecule has 0 bridgehead atoms. The van der Waals surface area contributed by atoms with Crippen molar-refractivity contribution in [1.29, 1.82) is 0 Å². The van der Waals surface area contributed by atoms with E-state index in [9.17, 15) is 4.79 Å². The second-order valence-corrected chi connectivity index (χ2v) is 12.1. The first kappa shape index (κ1) is 27.9. The minimum atomic E-state index is -0.263. The Bertz CT molecular complexity index is 913. The van der Waals surface area contributed by atoms with E-state index in [1.165, 1.54) is 107 Å². The molecule has 0 aromatic heterocycles. The van der Waals surface area contributed by atoms with Crippen molar-refractivity contribution in [2.75, 3.05) is 0 Å². The molecular weight excluding hydrogens is 452 g/mol. The largest absolute Gasteiger partial charge is 0.423 e. The number of unbranched alkanes of at least 4 members (excludes halogenated alkanes) is 2. The van der Waals surface area contributed by atoms with Gasteiger partial charge in [0.05, 0.1) is 5.56 Å². The van der Waals surface area contributed by atoms with Crippen LogP contribution >= 0.6 is 0 Å². The van der Waals surface area contributed by atoms with Crippen LogP contribution in [0.5, 0.6) is 5.75 Å². The Labute approximate surface area is 226 Å². The molecule has 37 heavy (non-hydrogen) atoms. The van der Waals surface area contributed by atoms with Gasteiger partial charge in [0.15, 0.2) is 0 Å². The summed E-state index contributed by atoms with van der Waals surface area (Å²) in [6, 6.07) is 16.4. The third-order valence-electron chi connectivity index (χ3n) is 9.32. The number of carbonyl (C=O) groups is 1. The monoisotopic (exact) mass is 502 g/mol. The third-order valence-corrected chi connectivity index (χ3v) is 9.32. The van der Waals surface area contributed by atoms with Crippen molar-refractivity contribution in [3.05, 3.63) is 65.2 Å². The molecule has 2 saturated carbocycles. The lowest BCUT2D eigenvalue weighted by atomic mass is 9.77. The fourth-order valence-corrected chi connectivity index (χ4v) is 6.84. The number of ether oxygens (including phenoxy) is 1. The highest BCUT2D eigenvalue weighted by atomic mass is 16.5. The van der Waals surface area contributed by atoms with E-state index in [1.54, 1.807) is 0 Å². The van der Waals surface area contributed by atoms with Gasteiger partial charge in [-0.1, -0.05) is 102 Å². The van der Waals surface area contributed by atoms with Gasteiger partial charge in [-0.25, -0.2) is 4.79 Å². The average Bonchev–Trinajstić information content (AvgIpc) is 2.94. The van der Waals surface area contributed by atoms with Gasteiger partial charge in [-0.15, -0.1) is 0 Å². The quantitative estimate of drug-likeness (QED) is 0.164. The van der Waals surface area contributed by atoms with Gasteiger partial charge in [0.25, 0.3) is 0 Å². The first-order chi connectivity index (χ1) is 18.1. The van der Waals surface area contributed by atoms with Crippen LogP contribution in [0.15, 0.2) is 48.5 Å². The Morgan fingerprint density at radius 2 is 1.27 bits per heavy atom. The van der Waals surface area contributed by atoms with E-state index in [0.29, 0.717) is 17.2 Å². The summed E-state index contributed by atoms with van der Waals surface area (Å²) in [5.41, 5.74) is 3.36. The number of aryl methyl sites for hydroxylation is 1. The molecule has 0 radical (unpaired) electrons. The smallest absolute Gasteiger partial charge is 0.343 e. The molecule has 0 aliphatic heterocycles. The average molecular weight is 503 g/mol. The molecule has 2 aromatic carbocycles. The normalized spacial score (nSPS) is 24.1. The molecule has 2 aliphatic rings. The molecule has 2 aromatic rings. The van der Waals surface area contributed by atoms with Crippen LogP contribution in [-0.4, -0.2) is 5.97 Å². The van der Waals surface area contributed by atoms with Crippen LogP contribution < -0.4 is 4.74 Å². The molecule has 4 rings (SSSR count). The summed E-state index contributed by atoms with van der Waals surface area (Å²) in [6.45, 7) is 4.59. The van der Waals surface area contributed by atoms with Gasteiger partial charge < -0.3 is 4.74 Å². The molecule has 202 valence electrons. The maximum Gasteiger partial charge on any atom is 0.343 e. The van der Waals surface area contributed by atoms with Crippen molar-refractivity contribution in [3.8, 4) is 5.75 Å². The molecule has 0 N–H and O–H groups in total. The molecule has 0 amide bonds. The van der Waals surface area contributed by atoms with Gasteiger partial charge >= 0.3 is 5.97 Å². The lowest BCUT2D eigenvalue weighted by Gasteiger charge is -2.28. The predicted molar refractivity (Wildman–Crippen MR) is 155 cm³/mol. The number of carbonyl (C=O) groups excluding carboxylic acids is 1. The van der Waals surface area contributed by atoms with E-state index in [1.807, 2.05) is 24.3 Å². The van der Waals surface area contributed by atoms with Crippen LogP contribution in [0.25, 0.3) is 0 Å². The van der Waals surface area contributed by atoms with E-state index in [2.05, 4.69) is 38.1 Å². The Morgan fingerprint density at radius 1 is 0.676 bits per heavy atom. The molecule has 0 saturated heterocycles. The van der Waals surface area contributed by atoms with Crippen LogP contribution in [0, 0.1) is 17.8 Å².